The minimum atomic E-state index is 0. The molecule has 29 heavy (non-hydrogen) atoms. The summed E-state index contributed by atoms with van der Waals surface area (Å²) in [6.45, 7) is 2.72. The minimum absolute atomic E-state index is 0. The summed E-state index contributed by atoms with van der Waals surface area (Å²) in [6.07, 6.45) is 6.15. The highest BCUT2D eigenvalue weighted by atomic mass is 16.5. The third-order valence-electron chi connectivity index (χ3n) is 5.91. The van der Waals surface area contributed by atoms with Crippen LogP contribution >= 0.6 is 0 Å². The van der Waals surface area contributed by atoms with Gasteiger partial charge in [-0.15, -0.1) is 0 Å². The molecule has 1 aliphatic rings. The van der Waals surface area contributed by atoms with Crippen LogP contribution < -0.4 is 10.2 Å². The molecule has 3 aromatic rings. The van der Waals surface area contributed by atoms with E-state index in [1.165, 1.54) is 6.20 Å². The molecular weight excluding hydrogens is 366 g/mol. The van der Waals surface area contributed by atoms with E-state index in [0.29, 0.717) is 24.0 Å². The molecule has 2 heterocycles. The van der Waals surface area contributed by atoms with Gasteiger partial charge in [-0.2, -0.15) is 0 Å². The van der Waals surface area contributed by atoms with Crippen LogP contribution in [-0.4, -0.2) is 33.6 Å². The van der Waals surface area contributed by atoms with Crippen LogP contribution in [0.5, 0.6) is 5.75 Å². The highest BCUT2D eigenvalue weighted by Gasteiger charge is 2.37. The van der Waals surface area contributed by atoms with E-state index in [2.05, 4.69) is 16.9 Å². The molecule has 3 atom stereocenters. The van der Waals surface area contributed by atoms with E-state index in [0.717, 1.165) is 36.1 Å². The monoisotopic (exact) mass is 395 g/mol. The van der Waals surface area contributed by atoms with E-state index in [9.17, 15) is 0 Å². The van der Waals surface area contributed by atoms with E-state index >= 15 is 0 Å². The third-order valence-corrected chi connectivity index (χ3v) is 5.91. The van der Waals surface area contributed by atoms with Gasteiger partial charge in [-0.05, 0) is 42.5 Å². The smallest absolute Gasteiger partial charge is 0.154 e. The van der Waals surface area contributed by atoms with Crippen LogP contribution in [-0.2, 0) is 11.3 Å². The molecular formula is C22H29N5O2. The molecule has 0 saturated heterocycles. The lowest BCUT2D eigenvalue weighted by Crippen LogP contribution is -2.33. The minimum Gasteiger partial charge on any atom is -0.497 e. The Morgan fingerprint density at radius 2 is 2.07 bits per heavy atom. The number of fused-ring (bicyclic) bond motifs is 1. The molecule has 1 fully saturated rings. The van der Waals surface area contributed by atoms with Crippen molar-refractivity contribution in [2.75, 3.05) is 7.11 Å². The van der Waals surface area contributed by atoms with Gasteiger partial charge in [0.05, 0.1) is 31.5 Å². The van der Waals surface area contributed by atoms with Gasteiger partial charge in [0.1, 0.15) is 17.1 Å². The number of ether oxygens (including phenoxy) is 2. The average molecular weight is 396 g/mol. The van der Waals surface area contributed by atoms with Crippen LogP contribution in [0.4, 0.5) is 0 Å². The van der Waals surface area contributed by atoms with Crippen LogP contribution in [0.15, 0.2) is 42.7 Å². The Labute approximate surface area is 171 Å². The first-order valence-corrected chi connectivity index (χ1v) is 10.0. The SMILES string of the molecule is CC[C@@H]1C[C@H](OCc2ccc(OC)cc2)C[C@@H]1C(=N)n1c(=N)cnc2[nH]ccc21.[HH]. The van der Waals surface area contributed by atoms with Crippen molar-refractivity contribution in [1.29, 1.82) is 10.8 Å². The summed E-state index contributed by atoms with van der Waals surface area (Å²) in [7, 11) is 1.66. The Kier molecular flexibility index (Phi) is 5.49. The van der Waals surface area contributed by atoms with Crippen molar-refractivity contribution in [3.8, 4) is 5.75 Å². The zero-order valence-electron chi connectivity index (χ0n) is 16.8. The molecule has 7 nitrogen and oxygen atoms in total. The van der Waals surface area contributed by atoms with Crippen molar-refractivity contribution in [2.24, 2.45) is 11.8 Å². The van der Waals surface area contributed by atoms with Crippen molar-refractivity contribution in [3.05, 3.63) is 53.8 Å². The fourth-order valence-corrected chi connectivity index (χ4v) is 4.31. The summed E-state index contributed by atoms with van der Waals surface area (Å²) in [5.41, 5.74) is 2.83. The van der Waals surface area contributed by atoms with Gasteiger partial charge >= 0.3 is 0 Å². The fraction of sp³-hybridized carbons (Fsp3) is 0.409. The molecule has 0 amide bonds. The summed E-state index contributed by atoms with van der Waals surface area (Å²) < 4.78 is 13.1. The first-order chi connectivity index (χ1) is 14.1. The van der Waals surface area contributed by atoms with Crippen LogP contribution in [0, 0.1) is 22.7 Å². The second-order valence-electron chi connectivity index (χ2n) is 7.60. The summed E-state index contributed by atoms with van der Waals surface area (Å²) in [5, 5.41) is 17.2. The normalized spacial score (nSPS) is 21.5. The van der Waals surface area contributed by atoms with Crippen molar-refractivity contribution >= 4 is 17.0 Å². The molecule has 4 rings (SSSR count). The van der Waals surface area contributed by atoms with Gasteiger partial charge in [0, 0.05) is 13.5 Å². The lowest BCUT2D eigenvalue weighted by molar-refractivity contribution is 0.0421. The second kappa shape index (κ2) is 8.21. The summed E-state index contributed by atoms with van der Waals surface area (Å²) >= 11 is 0. The van der Waals surface area contributed by atoms with Gasteiger partial charge in [0.2, 0.25) is 0 Å². The number of nitrogens with one attached hydrogen (secondary N) is 3. The predicted octanol–water partition coefficient (Wildman–Crippen LogP) is 3.95. The van der Waals surface area contributed by atoms with E-state index in [1.807, 2.05) is 30.3 Å². The van der Waals surface area contributed by atoms with Gasteiger partial charge in [-0.3, -0.25) is 15.4 Å². The Bertz CT molecular complexity index is 1060. The summed E-state index contributed by atoms with van der Waals surface area (Å²) in [5.74, 6) is 1.74. The van der Waals surface area contributed by atoms with Crippen molar-refractivity contribution in [1.82, 2.24) is 14.5 Å². The molecule has 0 spiro atoms. The number of benzene rings is 1. The highest BCUT2D eigenvalue weighted by Crippen LogP contribution is 2.37. The zero-order valence-corrected chi connectivity index (χ0v) is 16.8. The number of methoxy groups -OCH3 is 1. The lowest BCUT2D eigenvalue weighted by Gasteiger charge is -2.21. The molecule has 3 N–H and O–H groups in total. The largest absolute Gasteiger partial charge is 0.497 e. The predicted molar refractivity (Wildman–Crippen MR) is 113 cm³/mol. The molecule has 7 heteroatoms. The fourth-order valence-electron chi connectivity index (χ4n) is 4.31. The number of rotatable bonds is 6. The zero-order chi connectivity index (χ0) is 20.4. The van der Waals surface area contributed by atoms with Crippen molar-refractivity contribution < 1.29 is 10.9 Å². The molecule has 0 unspecified atom stereocenters. The first kappa shape index (κ1) is 19.4. The van der Waals surface area contributed by atoms with Gasteiger partial charge in [-0.25, -0.2) is 4.98 Å². The number of aromatic amines is 1. The van der Waals surface area contributed by atoms with E-state index in [-0.39, 0.29) is 18.9 Å². The quantitative estimate of drug-likeness (QED) is 0.435. The first-order valence-electron chi connectivity index (χ1n) is 10.0. The maximum Gasteiger partial charge on any atom is 0.154 e. The maximum absolute atomic E-state index is 8.89. The van der Waals surface area contributed by atoms with Gasteiger partial charge in [-0.1, -0.05) is 25.5 Å². The third kappa shape index (κ3) is 3.82. The molecule has 1 saturated carbocycles. The van der Waals surface area contributed by atoms with Gasteiger partial charge in [0.15, 0.2) is 5.65 Å². The topological polar surface area (TPSA) is 99.8 Å². The number of hydrogen-bond donors (Lipinski definition) is 3. The second-order valence-corrected chi connectivity index (χ2v) is 7.60. The Balaban J connectivity index is 0.00000256. The molecule has 1 aromatic carbocycles. The van der Waals surface area contributed by atoms with Crippen molar-refractivity contribution in [2.45, 2.75) is 38.9 Å². The molecule has 0 radical (unpaired) electrons. The number of nitrogens with zero attached hydrogens (tertiary/aromatic N) is 2. The average Bonchev–Trinajstić information content (AvgIpc) is 3.38. The highest BCUT2D eigenvalue weighted by molar-refractivity contribution is 5.91. The van der Waals surface area contributed by atoms with Crippen LogP contribution in [0.25, 0.3) is 11.2 Å². The maximum atomic E-state index is 8.89. The number of H-pyrrole nitrogens is 1. The Morgan fingerprint density at radius 1 is 1.28 bits per heavy atom. The Morgan fingerprint density at radius 3 is 2.79 bits per heavy atom. The van der Waals surface area contributed by atoms with Gasteiger partial charge < -0.3 is 14.5 Å². The summed E-state index contributed by atoms with van der Waals surface area (Å²) in [6, 6.07) is 9.80. The van der Waals surface area contributed by atoms with E-state index in [4.69, 9.17) is 20.3 Å². The van der Waals surface area contributed by atoms with Gasteiger partial charge in [0.25, 0.3) is 0 Å². The molecule has 1 aliphatic carbocycles. The molecule has 0 aliphatic heterocycles. The molecule has 2 aromatic heterocycles. The van der Waals surface area contributed by atoms with Crippen molar-refractivity contribution in [3.63, 3.8) is 0 Å². The van der Waals surface area contributed by atoms with Crippen LogP contribution in [0.3, 0.4) is 0 Å². The van der Waals surface area contributed by atoms with Crippen LogP contribution in [0.2, 0.25) is 0 Å². The molecule has 154 valence electrons. The van der Waals surface area contributed by atoms with E-state index in [1.54, 1.807) is 17.9 Å². The van der Waals surface area contributed by atoms with E-state index < -0.39 is 0 Å². The summed E-state index contributed by atoms with van der Waals surface area (Å²) in [4.78, 5) is 7.31. The standard InChI is InChI=1S/C22H27N5O2.H2/c1-3-15-10-17(29-13-14-4-6-16(28-2)7-5-14)11-18(15)21(24)27-19-8-9-25-22(19)26-12-20(27)23;/h4-9,12,15,17-18,23-25H,3,10-11,13H2,1-2H3;1H/t15-,17+,18+;/m1./s1. The number of aromatic nitrogens is 3. The molecule has 0 bridgehead atoms. The Hall–Kier alpha value is -2.93. The van der Waals surface area contributed by atoms with Crippen LogP contribution in [0.1, 0.15) is 33.2 Å². The lowest BCUT2D eigenvalue weighted by atomic mass is 9.92. The number of hydrogen-bond acceptors (Lipinski definition) is 5.